The topological polar surface area (TPSA) is 17.1 Å². The predicted molar refractivity (Wildman–Crippen MR) is 60.1 cm³/mol. The molecule has 0 heterocycles. The van der Waals surface area contributed by atoms with Crippen LogP contribution in [0.2, 0.25) is 0 Å². The summed E-state index contributed by atoms with van der Waals surface area (Å²) in [6.07, 6.45) is 7.67. The lowest BCUT2D eigenvalue weighted by Crippen LogP contribution is -2.09. The molecule has 0 atom stereocenters. The van der Waals surface area contributed by atoms with E-state index < -0.39 is 0 Å². The smallest absolute Gasteiger partial charge is 0.132 e. The van der Waals surface area contributed by atoms with Crippen molar-refractivity contribution < 1.29 is 4.79 Å². The quantitative estimate of drug-likeness (QED) is 0.666. The summed E-state index contributed by atoms with van der Waals surface area (Å²) in [4.78, 5) is 11.3. The predicted octanol–water partition coefficient (Wildman–Crippen LogP) is 3.43. The lowest BCUT2D eigenvalue weighted by atomic mass is 9.95. The van der Waals surface area contributed by atoms with E-state index in [-0.39, 0.29) is 5.92 Å². The normalized spacial score (nSPS) is 18.9. The van der Waals surface area contributed by atoms with Crippen LogP contribution in [0.5, 0.6) is 0 Å². The van der Waals surface area contributed by atoms with E-state index in [1.165, 1.54) is 11.1 Å². The average Bonchev–Trinajstić information content (AvgIpc) is 2.38. The molecule has 0 aromatic carbocycles. The molecule has 0 unspecified atom stereocenters. The molecule has 0 spiro atoms. The highest BCUT2D eigenvalue weighted by Gasteiger charge is 2.18. The maximum atomic E-state index is 11.3. The first kappa shape index (κ1) is 11.0. The van der Waals surface area contributed by atoms with E-state index in [9.17, 15) is 4.79 Å². The SMILES string of the molecule is C=CC1=C(C=C)CCC(C(C)=O)CC1. The monoisotopic (exact) mass is 190 g/mol. The van der Waals surface area contributed by atoms with Crippen molar-refractivity contribution in [1.82, 2.24) is 0 Å². The summed E-state index contributed by atoms with van der Waals surface area (Å²) in [5, 5.41) is 0. The van der Waals surface area contributed by atoms with E-state index in [0.29, 0.717) is 5.78 Å². The molecule has 0 aliphatic heterocycles. The molecule has 1 heteroatoms. The van der Waals surface area contributed by atoms with Crippen molar-refractivity contribution in [2.24, 2.45) is 5.92 Å². The van der Waals surface area contributed by atoms with Crippen LogP contribution in [0.3, 0.4) is 0 Å². The van der Waals surface area contributed by atoms with Crippen LogP contribution >= 0.6 is 0 Å². The summed E-state index contributed by atoms with van der Waals surface area (Å²) in [5.74, 6) is 0.557. The summed E-state index contributed by atoms with van der Waals surface area (Å²) in [5.41, 5.74) is 2.53. The molecule has 0 saturated carbocycles. The zero-order valence-electron chi connectivity index (χ0n) is 8.88. The van der Waals surface area contributed by atoms with Gasteiger partial charge >= 0.3 is 0 Å². The molecule has 0 aromatic rings. The minimum atomic E-state index is 0.238. The Kier molecular flexibility index (Phi) is 3.87. The molecule has 0 saturated heterocycles. The Hall–Kier alpha value is -1.11. The van der Waals surface area contributed by atoms with Crippen LogP contribution in [0.25, 0.3) is 0 Å². The number of carbonyl (C=O) groups excluding carboxylic acids is 1. The van der Waals surface area contributed by atoms with Crippen LogP contribution in [-0.4, -0.2) is 5.78 Å². The zero-order valence-corrected chi connectivity index (χ0v) is 8.88. The Labute approximate surface area is 86.2 Å². The highest BCUT2D eigenvalue weighted by atomic mass is 16.1. The second-order valence-corrected chi connectivity index (χ2v) is 3.84. The van der Waals surface area contributed by atoms with Crippen LogP contribution in [0, 0.1) is 5.92 Å². The van der Waals surface area contributed by atoms with Crippen LogP contribution < -0.4 is 0 Å². The fraction of sp³-hybridized carbons (Fsp3) is 0.462. The summed E-state index contributed by atoms with van der Waals surface area (Å²) < 4.78 is 0. The number of hydrogen-bond donors (Lipinski definition) is 0. The molecule has 14 heavy (non-hydrogen) atoms. The molecule has 1 aliphatic carbocycles. The van der Waals surface area contributed by atoms with Crippen molar-refractivity contribution in [1.29, 1.82) is 0 Å². The van der Waals surface area contributed by atoms with Gasteiger partial charge in [-0.1, -0.05) is 25.3 Å². The average molecular weight is 190 g/mol. The number of allylic oxidation sites excluding steroid dienone is 4. The van der Waals surface area contributed by atoms with Gasteiger partial charge in [-0.3, -0.25) is 4.79 Å². The molecule has 1 rings (SSSR count). The highest BCUT2D eigenvalue weighted by molar-refractivity contribution is 5.78. The van der Waals surface area contributed by atoms with Gasteiger partial charge in [0.15, 0.2) is 0 Å². The van der Waals surface area contributed by atoms with Gasteiger partial charge in [-0.2, -0.15) is 0 Å². The van der Waals surface area contributed by atoms with Crippen LogP contribution in [0.1, 0.15) is 32.6 Å². The Bertz CT molecular complexity index is 262. The lowest BCUT2D eigenvalue weighted by molar-refractivity contribution is -0.121. The number of hydrogen-bond acceptors (Lipinski definition) is 1. The first-order valence-electron chi connectivity index (χ1n) is 5.16. The van der Waals surface area contributed by atoms with E-state index in [1.54, 1.807) is 6.92 Å². The molecular formula is C13H18O. The van der Waals surface area contributed by atoms with E-state index >= 15 is 0 Å². The Morgan fingerprint density at radius 1 is 1.21 bits per heavy atom. The van der Waals surface area contributed by atoms with Gasteiger partial charge in [0.05, 0.1) is 0 Å². The van der Waals surface area contributed by atoms with Gasteiger partial charge in [0, 0.05) is 5.92 Å². The summed E-state index contributed by atoms with van der Waals surface area (Å²) in [6, 6.07) is 0. The Balaban J connectivity index is 2.77. The van der Waals surface area contributed by atoms with Crippen LogP contribution in [0.15, 0.2) is 36.5 Å². The third kappa shape index (κ3) is 2.44. The third-order valence-corrected chi connectivity index (χ3v) is 3.00. The second-order valence-electron chi connectivity index (χ2n) is 3.84. The molecular weight excluding hydrogens is 172 g/mol. The van der Waals surface area contributed by atoms with Crippen molar-refractivity contribution in [3.63, 3.8) is 0 Å². The number of ketones is 1. The van der Waals surface area contributed by atoms with E-state index in [4.69, 9.17) is 0 Å². The molecule has 0 bridgehead atoms. The molecule has 0 fully saturated rings. The van der Waals surface area contributed by atoms with E-state index in [2.05, 4.69) is 13.2 Å². The van der Waals surface area contributed by atoms with Crippen molar-refractivity contribution in [2.45, 2.75) is 32.6 Å². The fourth-order valence-corrected chi connectivity index (χ4v) is 2.00. The number of carbonyl (C=O) groups is 1. The molecule has 0 radical (unpaired) electrons. The number of Topliss-reactive ketones (excluding diaryl/α,β-unsaturated/α-hetero) is 1. The fourth-order valence-electron chi connectivity index (χ4n) is 2.00. The van der Waals surface area contributed by atoms with Gasteiger partial charge in [0.2, 0.25) is 0 Å². The molecule has 0 N–H and O–H groups in total. The lowest BCUT2D eigenvalue weighted by Gasteiger charge is -2.08. The van der Waals surface area contributed by atoms with Gasteiger partial charge < -0.3 is 0 Å². The van der Waals surface area contributed by atoms with Crippen molar-refractivity contribution in [3.05, 3.63) is 36.5 Å². The molecule has 76 valence electrons. The van der Waals surface area contributed by atoms with Gasteiger partial charge in [0.1, 0.15) is 5.78 Å². The van der Waals surface area contributed by atoms with Gasteiger partial charge in [-0.05, 0) is 43.8 Å². The maximum Gasteiger partial charge on any atom is 0.132 e. The van der Waals surface area contributed by atoms with Gasteiger partial charge in [0.25, 0.3) is 0 Å². The van der Waals surface area contributed by atoms with Crippen molar-refractivity contribution in [2.75, 3.05) is 0 Å². The number of rotatable bonds is 3. The maximum absolute atomic E-state index is 11.3. The van der Waals surface area contributed by atoms with Crippen LogP contribution in [-0.2, 0) is 4.79 Å². The van der Waals surface area contributed by atoms with Crippen LogP contribution in [0.4, 0.5) is 0 Å². The second kappa shape index (κ2) is 4.94. The first-order valence-corrected chi connectivity index (χ1v) is 5.16. The Morgan fingerprint density at radius 2 is 1.64 bits per heavy atom. The van der Waals surface area contributed by atoms with Crippen molar-refractivity contribution in [3.8, 4) is 0 Å². The van der Waals surface area contributed by atoms with E-state index in [0.717, 1.165) is 25.7 Å². The standard InChI is InChI=1S/C13H18O/c1-4-11-6-8-13(10(3)14)9-7-12(11)5-2/h4-5,13H,1-2,6-9H2,3H3. The largest absolute Gasteiger partial charge is 0.300 e. The minimum absolute atomic E-state index is 0.238. The summed E-state index contributed by atoms with van der Waals surface area (Å²) in [6.45, 7) is 9.30. The highest BCUT2D eigenvalue weighted by Crippen LogP contribution is 2.29. The molecule has 1 aliphatic rings. The first-order chi connectivity index (χ1) is 6.69. The molecule has 0 amide bonds. The van der Waals surface area contributed by atoms with Gasteiger partial charge in [-0.25, -0.2) is 0 Å². The third-order valence-electron chi connectivity index (χ3n) is 3.00. The summed E-state index contributed by atoms with van der Waals surface area (Å²) >= 11 is 0. The Morgan fingerprint density at radius 3 is 1.93 bits per heavy atom. The van der Waals surface area contributed by atoms with Gasteiger partial charge in [-0.15, -0.1) is 0 Å². The van der Waals surface area contributed by atoms with Crippen molar-refractivity contribution >= 4 is 5.78 Å². The molecule has 0 aromatic heterocycles. The molecule has 1 nitrogen and oxygen atoms in total. The van der Waals surface area contributed by atoms with E-state index in [1.807, 2.05) is 12.2 Å². The minimum Gasteiger partial charge on any atom is -0.300 e. The zero-order chi connectivity index (χ0) is 10.6. The summed E-state index contributed by atoms with van der Waals surface area (Å²) in [7, 11) is 0.